The molecule has 2 rings (SSSR count). The number of hydrogen-bond donors (Lipinski definition) is 13. The molecule has 0 unspecified atom stereocenters. The summed E-state index contributed by atoms with van der Waals surface area (Å²) < 4.78 is 0. The molecule has 1 aromatic heterocycles. The fraction of sp³-hybridized carbons (Fsp3) is 0.469. The molecule has 1 aromatic carbocycles. The number of guanidine groups is 1. The maximum atomic E-state index is 13.7. The quantitative estimate of drug-likeness (QED) is 0.0289. The van der Waals surface area contributed by atoms with E-state index in [1.165, 1.54) is 43.7 Å². The van der Waals surface area contributed by atoms with Gasteiger partial charge in [0.15, 0.2) is 5.96 Å². The molecule has 0 aliphatic carbocycles. The van der Waals surface area contributed by atoms with Crippen LogP contribution in [0.15, 0.2) is 41.8 Å². The van der Waals surface area contributed by atoms with E-state index in [1.807, 2.05) is 0 Å². The Kier molecular flexibility index (Phi) is 17.8. The third-order valence-electron chi connectivity index (χ3n) is 7.75. The summed E-state index contributed by atoms with van der Waals surface area (Å²) >= 11 is 0. The van der Waals surface area contributed by atoms with Crippen LogP contribution >= 0.6 is 0 Å². The van der Waals surface area contributed by atoms with Crippen molar-refractivity contribution in [3.05, 3.63) is 48.0 Å². The summed E-state index contributed by atoms with van der Waals surface area (Å²) in [6.45, 7) is 0.263. The number of nitrogens with one attached hydrogen (secondary N) is 6. The maximum absolute atomic E-state index is 13.7. The van der Waals surface area contributed by atoms with E-state index in [1.54, 1.807) is 0 Å². The summed E-state index contributed by atoms with van der Waals surface area (Å²) in [6, 6.07) is -2.62. The topological polar surface area (TPSA) is 380 Å². The number of phenols is 1. The van der Waals surface area contributed by atoms with Gasteiger partial charge in [-0.25, -0.2) is 9.78 Å². The molecule has 0 saturated heterocycles. The van der Waals surface area contributed by atoms with Crippen LogP contribution in [0.25, 0.3) is 0 Å². The second kappa shape index (κ2) is 21.9. The number of carbonyl (C=O) groups is 7. The van der Waals surface area contributed by atoms with E-state index in [-0.39, 0.29) is 43.9 Å². The molecule has 2 aromatic rings. The number of nitrogens with two attached hydrogens (primary N) is 3. The van der Waals surface area contributed by atoms with Crippen LogP contribution in [0.4, 0.5) is 0 Å². The molecule has 0 saturated carbocycles. The van der Waals surface area contributed by atoms with Gasteiger partial charge in [-0.3, -0.25) is 33.8 Å². The largest absolute Gasteiger partial charge is 0.508 e. The maximum Gasteiger partial charge on any atom is 0.326 e. The number of aliphatic imine (C=N–C) groups is 1. The molecule has 0 aliphatic heterocycles. The van der Waals surface area contributed by atoms with Crippen molar-refractivity contribution < 1.29 is 54.0 Å². The number of aliphatic hydroxyl groups excluding tert-OH is 1. The lowest BCUT2D eigenvalue weighted by Crippen LogP contribution is -2.60. The number of amides is 5. The van der Waals surface area contributed by atoms with Crippen molar-refractivity contribution in [2.75, 3.05) is 13.2 Å². The predicted molar refractivity (Wildman–Crippen MR) is 189 cm³/mol. The molecule has 0 radical (unpaired) electrons. The lowest BCUT2D eigenvalue weighted by Gasteiger charge is -2.26. The number of aromatic nitrogens is 2. The number of aromatic amines is 1. The second-order valence-electron chi connectivity index (χ2n) is 12.1. The Morgan fingerprint density at radius 3 is 1.96 bits per heavy atom. The minimum absolute atomic E-state index is 0.0401. The molecule has 0 spiro atoms. The fourth-order valence-corrected chi connectivity index (χ4v) is 4.79. The van der Waals surface area contributed by atoms with Crippen LogP contribution < -0.4 is 43.8 Å². The first kappa shape index (κ1) is 43.9. The van der Waals surface area contributed by atoms with E-state index in [4.69, 9.17) is 22.3 Å². The SMILES string of the molecule is C[C@H](NC(=O)[C@H](CO)NC(=O)[C@H](CCCN=C(N)N)NC(=O)[C@H](Cc1ccc(O)cc1)NC(=O)[C@@H](N)Cc1cnc[nH]1)C(=O)N[C@@H](CCC(=O)O)C(=O)O. The number of aliphatic carboxylic acids is 2. The molecule has 22 nitrogen and oxygen atoms in total. The zero-order valence-electron chi connectivity index (χ0n) is 29.4. The molecular weight excluding hydrogens is 714 g/mol. The van der Waals surface area contributed by atoms with Crippen molar-refractivity contribution in [2.24, 2.45) is 22.2 Å². The standard InChI is InChI=1S/C32H47N11O11/c1-16(26(48)41-22(31(53)54)8-9-25(46)47)39-30(52)24(14-44)43-28(50)21(3-2-10-37-32(34)35)40-29(51)23(11-17-4-6-19(45)7-5-17)42-27(49)20(33)12-18-13-36-15-38-18/h4-7,13,15-16,20-24,44-45H,2-3,8-12,14,33H2,1H3,(H,36,38)(H,39,52)(H,40,51)(H,41,48)(H,42,49)(H,43,50)(H,46,47)(H,53,54)(H4,34,35,37)/t16-,20-,21-,22-,23-,24-/m0/s1. The van der Waals surface area contributed by atoms with Gasteiger partial charge < -0.3 is 69.2 Å². The Hall–Kier alpha value is -6.29. The van der Waals surface area contributed by atoms with Crippen LogP contribution in [0.3, 0.4) is 0 Å². The molecular formula is C32H47N11O11. The number of H-pyrrole nitrogens is 1. The Labute approximate surface area is 308 Å². The number of carboxylic acid groups (broad SMARTS) is 2. The molecule has 0 fully saturated rings. The summed E-state index contributed by atoms with van der Waals surface area (Å²) in [5, 5.41) is 49.6. The van der Waals surface area contributed by atoms with Gasteiger partial charge in [-0.05, 0) is 43.9 Å². The Morgan fingerprint density at radius 2 is 1.39 bits per heavy atom. The number of hydrogen-bond acceptors (Lipinski definition) is 12. The summed E-state index contributed by atoms with van der Waals surface area (Å²) in [4.78, 5) is 98.8. The number of phenolic OH excluding ortho intramolecular Hbond substituents is 1. The lowest BCUT2D eigenvalue weighted by molar-refractivity contribution is -0.143. The van der Waals surface area contributed by atoms with Crippen LogP contribution in [-0.2, 0) is 46.4 Å². The third kappa shape index (κ3) is 15.5. The number of aromatic hydroxyl groups is 1. The molecule has 22 heteroatoms. The predicted octanol–water partition coefficient (Wildman–Crippen LogP) is -4.33. The minimum Gasteiger partial charge on any atom is -0.508 e. The van der Waals surface area contributed by atoms with Crippen LogP contribution in [-0.4, -0.2) is 127 Å². The number of imidazole rings is 1. The van der Waals surface area contributed by atoms with Crippen molar-refractivity contribution in [3.63, 3.8) is 0 Å². The summed E-state index contributed by atoms with van der Waals surface area (Å²) in [5.41, 5.74) is 17.9. The number of benzene rings is 1. The molecule has 6 atom stereocenters. The highest BCUT2D eigenvalue weighted by atomic mass is 16.4. The first-order valence-electron chi connectivity index (χ1n) is 16.6. The van der Waals surface area contributed by atoms with E-state index in [9.17, 15) is 48.9 Å². The molecule has 1 heterocycles. The molecule has 0 aliphatic rings. The highest BCUT2D eigenvalue weighted by Gasteiger charge is 2.32. The summed E-state index contributed by atoms with van der Waals surface area (Å²) in [5.74, 6) is -7.59. The molecule has 54 heavy (non-hydrogen) atoms. The van der Waals surface area contributed by atoms with Crippen LogP contribution in [0.2, 0.25) is 0 Å². The van der Waals surface area contributed by atoms with E-state index >= 15 is 0 Å². The van der Waals surface area contributed by atoms with Crippen LogP contribution in [0.1, 0.15) is 43.9 Å². The van der Waals surface area contributed by atoms with Crippen molar-refractivity contribution in [2.45, 2.75) is 81.7 Å². The normalized spacial score (nSPS) is 14.1. The summed E-state index contributed by atoms with van der Waals surface area (Å²) in [7, 11) is 0. The van der Waals surface area contributed by atoms with Gasteiger partial charge in [-0.1, -0.05) is 12.1 Å². The monoisotopic (exact) mass is 761 g/mol. The van der Waals surface area contributed by atoms with Crippen molar-refractivity contribution >= 4 is 47.4 Å². The fourth-order valence-electron chi connectivity index (χ4n) is 4.79. The third-order valence-corrected chi connectivity index (χ3v) is 7.75. The Morgan fingerprint density at radius 1 is 0.796 bits per heavy atom. The van der Waals surface area contributed by atoms with Gasteiger partial charge >= 0.3 is 11.9 Å². The van der Waals surface area contributed by atoms with E-state index < -0.39 is 97.2 Å². The van der Waals surface area contributed by atoms with E-state index in [2.05, 4.69) is 41.5 Å². The average Bonchev–Trinajstić information content (AvgIpc) is 3.63. The van der Waals surface area contributed by atoms with E-state index in [0.717, 1.165) is 0 Å². The van der Waals surface area contributed by atoms with Gasteiger partial charge in [0.25, 0.3) is 0 Å². The van der Waals surface area contributed by atoms with Gasteiger partial charge in [0.1, 0.15) is 36.0 Å². The second-order valence-corrected chi connectivity index (χ2v) is 12.1. The van der Waals surface area contributed by atoms with Gasteiger partial charge in [0.2, 0.25) is 29.5 Å². The summed E-state index contributed by atoms with van der Waals surface area (Å²) in [6.07, 6.45) is 1.91. The first-order chi connectivity index (χ1) is 25.5. The van der Waals surface area contributed by atoms with Gasteiger partial charge in [0, 0.05) is 37.7 Å². The van der Waals surface area contributed by atoms with Crippen molar-refractivity contribution in [1.82, 2.24) is 36.6 Å². The number of nitrogens with zero attached hydrogens (tertiary/aromatic N) is 2. The number of rotatable bonds is 23. The Bertz CT molecular complexity index is 1620. The highest BCUT2D eigenvalue weighted by molar-refractivity contribution is 5.96. The van der Waals surface area contributed by atoms with Crippen LogP contribution in [0, 0.1) is 0 Å². The molecule has 16 N–H and O–H groups in total. The Balaban J connectivity index is 2.23. The highest BCUT2D eigenvalue weighted by Crippen LogP contribution is 2.12. The molecule has 5 amide bonds. The van der Waals surface area contributed by atoms with Gasteiger partial charge in [-0.15, -0.1) is 0 Å². The van der Waals surface area contributed by atoms with Crippen molar-refractivity contribution in [3.8, 4) is 5.75 Å². The minimum atomic E-state index is -1.67. The zero-order valence-corrected chi connectivity index (χ0v) is 29.4. The number of carbonyl (C=O) groups excluding carboxylic acids is 5. The zero-order chi connectivity index (χ0) is 40.4. The molecule has 0 bridgehead atoms. The lowest BCUT2D eigenvalue weighted by atomic mass is 10.0. The smallest absolute Gasteiger partial charge is 0.326 e. The van der Waals surface area contributed by atoms with Gasteiger partial charge in [-0.2, -0.15) is 0 Å². The number of carboxylic acids is 2. The molecule has 296 valence electrons. The first-order valence-corrected chi connectivity index (χ1v) is 16.6. The van der Waals surface area contributed by atoms with E-state index in [0.29, 0.717) is 11.3 Å². The van der Waals surface area contributed by atoms with Crippen LogP contribution in [0.5, 0.6) is 5.75 Å². The van der Waals surface area contributed by atoms with Gasteiger partial charge in [0.05, 0.1) is 19.0 Å². The number of aliphatic hydroxyl groups is 1. The average molecular weight is 762 g/mol. The van der Waals surface area contributed by atoms with Crippen molar-refractivity contribution in [1.29, 1.82) is 0 Å².